The highest BCUT2D eigenvalue weighted by molar-refractivity contribution is 5.73. The predicted molar refractivity (Wildman–Crippen MR) is 86.8 cm³/mol. The molecule has 21 heavy (non-hydrogen) atoms. The summed E-state index contributed by atoms with van der Waals surface area (Å²) in [6.07, 6.45) is -0.514. The van der Waals surface area contributed by atoms with Crippen molar-refractivity contribution in [3.63, 3.8) is 0 Å². The zero-order chi connectivity index (χ0) is 15.8. The Morgan fingerprint density at radius 1 is 1.43 bits per heavy atom. The van der Waals surface area contributed by atoms with E-state index in [4.69, 9.17) is 0 Å². The van der Waals surface area contributed by atoms with Gasteiger partial charge in [0.05, 0.1) is 6.10 Å². The number of likely N-dealkylation sites (N-methyl/N-ethyl adjacent to an activating group) is 2. The van der Waals surface area contributed by atoms with Gasteiger partial charge in [0.25, 0.3) is 0 Å². The maximum absolute atomic E-state index is 11.8. The molecule has 1 atom stereocenters. The molecule has 0 aromatic heterocycles. The number of nitrogens with zero attached hydrogens (tertiary/aromatic N) is 2. The van der Waals surface area contributed by atoms with Crippen LogP contribution in [0.15, 0.2) is 24.3 Å². The van der Waals surface area contributed by atoms with Crippen LogP contribution in [-0.4, -0.2) is 55.4 Å². The van der Waals surface area contributed by atoms with Crippen molar-refractivity contribution in [2.24, 2.45) is 0 Å². The van der Waals surface area contributed by atoms with Crippen LogP contribution in [0.25, 0.3) is 0 Å². The number of hydrogen-bond donors (Lipinski definition) is 2. The Kier molecular flexibility index (Phi) is 7.02. The molecule has 118 valence electrons. The predicted octanol–water partition coefficient (Wildman–Crippen LogP) is 1.84. The molecular formula is C16H27N3O2. The van der Waals surface area contributed by atoms with Crippen molar-refractivity contribution < 1.29 is 9.90 Å². The van der Waals surface area contributed by atoms with Gasteiger partial charge in [0.15, 0.2) is 0 Å². The lowest BCUT2D eigenvalue weighted by atomic mass is 10.2. The summed E-state index contributed by atoms with van der Waals surface area (Å²) >= 11 is 0. The van der Waals surface area contributed by atoms with E-state index in [1.807, 2.05) is 6.07 Å². The van der Waals surface area contributed by atoms with E-state index in [9.17, 15) is 9.90 Å². The van der Waals surface area contributed by atoms with Gasteiger partial charge in [-0.1, -0.05) is 12.1 Å². The molecule has 0 bridgehead atoms. The molecule has 1 aromatic carbocycles. The van der Waals surface area contributed by atoms with Gasteiger partial charge >= 0.3 is 6.03 Å². The topological polar surface area (TPSA) is 55.8 Å². The summed E-state index contributed by atoms with van der Waals surface area (Å²) in [5.74, 6) is 0. The number of nitrogens with one attached hydrogen (secondary N) is 1. The van der Waals surface area contributed by atoms with Crippen LogP contribution in [0.1, 0.15) is 19.4 Å². The normalized spacial score (nSPS) is 11.9. The number of benzene rings is 1. The summed E-state index contributed by atoms with van der Waals surface area (Å²) in [7, 11) is 1.68. The molecule has 0 spiro atoms. The SMILES string of the molecule is CCN(CCNC(=O)N(C)CC(C)O)c1cccc(C)c1. The molecule has 1 rings (SSSR count). The smallest absolute Gasteiger partial charge is 0.317 e. The first kappa shape index (κ1) is 17.3. The number of aliphatic hydroxyl groups excluding tert-OH is 1. The van der Waals surface area contributed by atoms with Gasteiger partial charge in [-0.05, 0) is 38.5 Å². The van der Waals surface area contributed by atoms with Crippen LogP contribution < -0.4 is 10.2 Å². The largest absolute Gasteiger partial charge is 0.392 e. The molecule has 2 amide bonds. The first-order chi connectivity index (χ1) is 9.93. The van der Waals surface area contributed by atoms with Crippen molar-refractivity contribution in [2.45, 2.75) is 26.9 Å². The quantitative estimate of drug-likeness (QED) is 0.806. The number of hydrogen-bond acceptors (Lipinski definition) is 3. The van der Waals surface area contributed by atoms with E-state index >= 15 is 0 Å². The molecule has 0 saturated carbocycles. The van der Waals surface area contributed by atoms with E-state index in [2.05, 4.69) is 42.3 Å². The van der Waals surface area contributed by atoms with Gasteiger partial charge in [-0.3, -0.25) is 0 Å². The summed E-state index contributed by atoms with van der Waals surface area (Å²) < 4.78 is 0. The van der Waals surface area contributed by atoms with Gasteiger partial charge < -0.3 is 20.2 Å². The first-order valence-electron chi connectivity index (χ1n) is 7.42. The lowest BCUT2D eigenvalue weighted by molar-refractivity contribution is 0.144. The maximum Gasteiger partial charge on any atom is 0.317 e. The molecule has 0 aliphatic rings. The molecule has 0 radical (unpaired) electrons. The lowest BCUT2D eigenvalue weighted by Crippen LogP contribution is -2.43. The van der Waals surface area contributed by atoms with E-state index in [0.29, 0.717) is 13.1 Å². The van der Waals surface area contributed by atoms with Crippen molar-refractivity contribution >= 4 is 11.7 Å². The summed E-state index contributed by atoms with van der Waals surface area (Å²) in [6.45, 7) is 8.40. The Hall–Kier alpha value is -1.75. The van der Waals surface area contributed by atoms with E-state index in [1.54, 1.807) is 14.0 Å². The van der Waals surface area contributed by atoms with Gasteiger partial charge in [-0.15, -0.1) is 0 Å². The zero-order valence-corrected chi connectivity index (χ0v) is 13.5. The number of anilines is 1. The molecular weight excluding hydrogens is 266 g/mol. The summed E-state index contributed by atoms with van der Waals surface area (Å²) in [5, 5.41) is 12.1. The maximum atomic E-state index is 11.8. The third-order valence-corrected chi connectivity index (χ3v) is 3.29. The molecule has 0 aliphatic heterocycles. The van der Waals surface area contributed by atoms with Gasteiger partial charge in [0.1, 0.15) is 0 Å². The van der Waals surface area contributed by atoms with E-state index in [1.165, 1.54) is 16.2 Å². The van der Waals surface area contributed by atoms with Crippen molar-refractivity contribution in [3.05, 3.63) is 29.8 Å². The Bertz CT molecular complexity index is 449. The standard InChI is InChI=1S/C16H27N3O2/c1-5-19(15-8-6-7-13(2)11-15)10-9-17-16(21)18(4)12-14(3)20/h6-8,11,14,20H,5,9-10,12H2,1-4H3,(H,17,21). The molecule has 1 unspecified atom stereocenters. The molecule has 5 nitrogen and oxygen atoms in total. The van der Waals surface area contributed by atoms with Crippen LogP contribution in [0.4, 0.5) is 10.5 Å². The Balaban J connectivity index is 2.44. The number of carbonyl (C=O) groups excluding carboxylic acids is 1. The average molecular weight is 293 g/mol. The number of rotatable bonds is 7. The summed E-state index contributed by atoms with van der Waals surface area (Å²) in [6, 6.07) is 8.19. The second-order valence-corrected chi connectivity index (χ2v) is 5.38. The third-order valence-electron chi connectivity index (χ3n) is 3.29. The van der Waals surface area contributed by atoms with Crippen LogP contribution in [0, 0.1) is 6.92 Å². The van der Waals surface area contributed by atoms with Crippen LogP contribution in [-0.2, 0) is 0 Å². The average Bonchev–Trinajstić information content (AvgIpc) is 2.42. The molecule has 0 aliphatic carbocycles. The number of urea groups is 1. The van der Waals surface area contributed by atoms with Gasteiger partial charge in [0.2, 0.25) is 0 Å². The van der Waals surface area contributed by atoms with Crippen molar-refractivity contribution in [3.8, 4) is 0 Å². The van der Waals surface area contributed by atoms with Crippen molar-refractivity contribution in [2.75, 3.05) is 38.1 Å². The molecule has 1 aromatic rings. The minimum atomic E-state index is -0.514. The first-order valence-corrected chi connectivity index (χ1v) is 7.42. The van der Waals surface area contributed by atoms with Gasteiger partial charge in [0, 0.05) is 38.9 Å². The Labute approximate surface area is 127 Å². The monoisotopic (exact) mass is 293 g/mol. The van der Waals surface area contributed by atoms with Crippen LogP contribution >= 0.6 is 0 Å². The highest BCUT2D eigenvalue weighted by Gasteiger charge is 2.11. The second-order valence-electron chi connectivity index (χ2n) is 5.38. The second kappa shape index (κ2) is 8.52. The van der Waals surface area contributed by atoms with Gasteiger partial charge in [-0.2, -0.15) is 0 Å². The van der Waals surface area contributed by atoms with E-state index in [0.717, 1.165) is 13.1 Å². The van der Waals surface area contributed by atoms with Gasteiger partial charge in [-0.25, -0.2) is 4.79 Å². The van der Waals surface area contributed by atoms with Crippen LogP contribution in [0.3, 0.4) is 0 Å². The lowest BCUT2D eigenvalue weighted by Gasteiger charge is -2.25. The number of amides is 2. The van der Waals surface area contributed by atoms with Crippen molar-refractivity contribution in [1.29, 1.82) is 0 Å². The van der Waals surface area contributed by atoms with Crippen molar-refractivity contribution in [1.82, 2.24) is 10.2 Å². The highest BCUT2D eigenvalue weighted by Crippen LogP contribution is 2.14. The summed E-state index contributed by atoms with van der Waals surface area (Å²) in [4.78, 5) is 15.5. The van der Waals surface area contributed by atoms with Crippen LogP contribution in [0.2, 0.25) is 0 Å². The number of carbonyl (C=O) groups is 1. The third kappa shape index (κ3) is 6.04. The molecule has 0 heterocycles. The molecule has 2 N–H and O–H groups in total. The Morgan fingerprint density at radius 2 is 2.14 bits per heavy atom. The molecule has 5 heteroatoms. The fourth-order valence-corrected chi connectivity index (χ4v) is 2.21. The van der Waals surface area contributed by atoms with Crippen LogP contribution in [0.5, 0.6) is 0 Å². The minimum absolute atomic E-state index is 0.156. The van der Waals surface area contributed by atoms with E-state index in [-0.39, 0.29) is 6.03 Å². The Morgan fingerprint density at radius 3 is 2.71 bits per heavy atom. The minimum Gasteiger partial charge on any atom is -0.392 e. The molecule has 0 saturated heterocycles. The van der Waals surface area contributed by atoms with E-state index < -0.39 is 6.10 Å². The highest BCUT2D eigenvalue weighted by atomic mass is 16.3. The zero-order valence-electron chi connectivity index (χ0n) is 13.5. The fraction of sp³-hybridized carbons (Fsp3) is 0.562. The summed E-state index contributed by atoms with van der Waals surface area (Å²) in [5.41, 5.74) is 2.40. The number of aliphatic hydroxyl groups is 1. The number of aryl methyl sites for hydroxylation is 1. The molecule has 0 fully saturated rings. The fourth-order valence-electron chi connectivity index (χ4n) is 2.21.